The summed E-state index contributed by atoms with van der Waals surface area (Å²) in [5, 5.41) is 5.38. The van der Waals surface area contributed by atoms with Crippen LogP contribution in [0.5, 0.6) is 0 Å². The Morgan fingerprint density at radius 3 is 2.42 bits per heavy atom. The van der Waals surface area contributed by atoms with E-state index in [9.17, 15) is 4.79 Å². The highest BCUT2D eigenvalue weighted by Crippen LogP contribution is 2.29. The summed E-state index contributed by atoms with van der Waals surface area (Å²) in [4.78, 5) is 12.9. The molecule has 24 heavy (non-hydrogen) atoms. The Hall–Kier alpha value is -2.54. The average molecular weight is 355 g/mol. The van der Waals surface area contributed by atoms with E-state index in [0.717, 1.165) is 0 Å². The highest BCUT2D eigenvalue weighted by Gasteiger charge is 2.19. The number of nitrogens with zero attached hydrogens (tertiary/aromatic N) is 2. The molecule has 0 bridgehead atoms. The van der Waals surface area contributed by atoms with Crippen LogP contribution in [0.4, 0.5) is 0 Å². The zero-order valence-corrected chi connectivity index (χ0v) is 14.1. The first kappa shape index (κ1) is 16.3. The summed E-state index contributed by atoms with van der Waals surface area (Å²) in [6, 6.07) is 14.1. The van der Waals surface area contributed by atoms with Gasteiger partial charge >= 0.3 is 0 Å². The number of carbonyl (C=O) groups is 1. The monoisotopic (exact) mass is 354 g/mol. The Balaban J connectivity index is 2.15. The molecule has 0 unspecified atom stereocenters. The number of halogens is 2. The standard InChI is InChI=1S/C19H12Cl2N2O/c1-2-8-23-12-17(19(24)13-6-4-3-5-7-13)18(22-23)14-9-15(20)11-16(21)10-14/h1,3-7,9-12H,8H2. The van der Waals surface area contributed by atoms with Crippen LogP contribution in [0.2, 0.25) is 10.0 Å². The van der Waals surface area contributed by atoms with Crippen molar-refractivity contribution >= 4 is 29.0 Å². The minimum absolute atomic E-state index is 0.134. The van der Waals surface area contributed by atoms with E-state index in [1.165, 1.54) is 0 Å². The molecule has 1 heterocycles. The van der Waals surface area contributed by atoms with Crippen molar-refractivity contribution in [3.63, 3.8) is 0 Å². The third kappa shape index (κ3) is 3.35. The SMILES string of the molecule is C#CCn1cc(C(=O)c2ccccc2)c(-c2cc(Cl)cc(Cl)c2)n1. The molecule has 0 fully saturated rings. The fraction of sp³-hybridized carbons (Fsp3) is 0.0526. The molecule has 0 amide bonds. The normalized spacial score (nSPS) is 10.4. The van der Waals surface area contributed by atoms with E-state index >= 15 is 0 Å². The van der Waals surface area contributed by atoms with Gasteiger partial charge in [0.2, 0.25) is 0 Å². The molecular weight excluding hydrogens is 343 g/mol. The van der Waals surface area contributed by atoms with E-state index in [0.29, 0.717) is 32.4 Å². The van der Waals surface area contributed by atoms with E-state index in [-0.39, 0.29) is 12.3 Å². The lowest BCUT2D eigenvalue weighted by Gasteiger charge is -2.04. The van der Waals surface area contributed by atoms with E-state index in [4.69, 9.17) is 29.6 Å². The lowest BCUT2D eigenvalue weighted by molar-refractivity contribution is 0.103. The number of rotatable bonds is 4. The number of hydrogen-bond acceptors (Lipinski definition) is 2. The molecule has 0 aliphatic heterocycles. The molecule has 5 heteroatoms. The summed E-state index contributed by atoms with van der Waals surface area (Å²) in [5.41, 5.74) is 2.20. The molecule has 0 saturated carbocycles. The minimum Gasteiger partial charge on any atom is -0.288 e. The second-order valence-electron chi connectivity index (χ2n) is 5.15. The summed E-state index contributed by atoms with van der Waals surface area (Å²) in [6.45, 7) is 0.267. The molecule has 3 aromatic rings. The Morgan fingerprint density at radius 2 is 1.79 bits per heavy atom. The number of ketones is 1. The molecule has 3 rings (SSSR count). The van der Waals surface area contributed by atoms with Gasteiger partial charge in [0.1, 0.15) is 12.2 Å². The molecule has 0 atom stereocenters. The summed E-state index contributed by atoms with van der Waals surface area (Å²) in [7, 11) is 0. The first-order valence-corrected chi connectivity index (χ1v) is 7.91. The number of aromatic nitrogens is 2. The Labute approximate surface area is 149 Å². The quantitative estimate of drug-likeness (QED) is 0.501. The second-order valence-corrected chi connectivity index (χ2v) is 6.02. The zero-order chi connectivity index (χ0) is 17.1. The van der Waals surface area contributed by atoms with Crippen molar-refractivity contribution in [1.82, 2.24) is 9.78 Å². The molecule has 2 aromatic carbocycles. The topological polar surface area (TPSA) is 34.9 Å². The van der Waals surface area contributed by atoms with Crippen molar-refractivity contribution in [1.29, 1.82) is 0 Å². The zero-order valence-electron chi connectivity index (χ0n) is 12.5. The first-order valence-electron chi connectivity index (χ1n) is 7.15. The third-order valence-corrected chi connectivity index (χ3v) is 3.87. The minimum atomic E-state index is -0.134. The van der Waals surface area contributed by atoms with Crippen LogP contribution in [0.25, 0.3) is 11.3 Å². The summed E-state index contributed by atoms with van der Waals surface area (Å²) in [5.74, 6) is 2.38. The van der Waals surface area contributed by atoms with Gasteiger partial charge in [-0.1, -0.05) is 59.5 Å². The van der Waals surface area contributed by atoms with Crippen LogP contribution < -0.4 is 0 Å². The van der Waals surface area contributed by atoms with Gasteiger partial charge in [0.25, 0.3) is 0 Å². The number of hydrogen-bond donors (Lipinski definition) is 0. The predicted octanol–water partition coefficient (Wildman–Crippen LogP) is 4.72. The van der Waals surface area contributed by atoms with Crippen LogP contribution >= 0.6 is 23.2 Å². The summed E-state index contributed by atoms with van der Waals surface area (Å²) >= 11 is 12.2. The molecule has 0 aliphatic carbocycles. The maximum atomic E-state index is 12.9. The summed E-state index contributed by atoms with van der Waals surface area (Å²) in [6.07, 6.45) is 7.01. The highest BCUT2D eigenvalue weighted by molar-refractivity contribution is 6.35. The number of terminal acetylenes is 1. The van der Waals surface area contributed by atoms with Crippen LogP contribution in [0.1, 0.15) is 15.9 Å². The Bertz CT molecular complexity index is 919. The van der Waals surface area contributed by atoms with Crippen molar-refractivity contribution in [3.8, 4) is 23.6 Å². The van der Waals surface area contributed by atoms with Crippen LogP contribution in [0.15, 0.2) is 54.7 Å². The molecule has 3 nitrogen and oxygen atoms in total. The Kier molecular flexibility index (Phi) is 4.71. The van der Waals surface area contributed by atoms with Crippen molar-refractivity contribution in [3.05, 3.63) is 75.9 Å². The lowest BCUT2D eigenvalue weighted by Crippen LogP contribution is -2.01. The van der Waals surface area contributed by atoms with Gasteiger partial charge < -0.3 is 0 Å². The van der Waals surface area contributed by atoms with Gasteiger partial charge in [0.15, 0.2) is 5.78 Å². The van der Waals surface area contributed by atoms with Crippen molar-refractivity contribution in [2.75, 3.05) is 0 Å². The molecule has 0 spiro atoms. The largest absolute Gasteiger partial charge is 0.288 e. The van der Waals surface area contributed by atoms with Crippen LogP contribution in [-0.4, -0.2) is 15.6 Å². The molecule has 0 radical (unpaired) electrons. The van der Waals surface area contributed by atoms with Gasteiger partial charge in [-0.3, -0.25) is 9.48 Å². The fourth-order valence-corrected chi connectivity index (χ4v) is 2.94. The smallest absolute Gasteiger partial charge is 0.196 e. The molecule has 118 valence electrons. The van der Waals surface area contributed by atoms with Crippen LogP contribution in [0, 0.1) is 12.3 Å². The molecule has 0 aliphatic rings. The van der Waals surface area contributed by atoms with Crippen molar-refractivity contribution in [2.24, 2.45) is 0 Å². The molecule has 1 aromatic heterocycles. The average Bonchev–Trinajstić information content (AvgIpc) is 2.98. The van der Waals surface area contributed by atoms with Gasteiger partial charge in [0, 0.05) is 27.4 Å². The van der Waals surface area contributed by atoms with E-state index in [2.05, 4.69) is 11.0 Å². The third-order valence-electron chi connectivity index (χ3n) is 3.43. The predicted molar refractivity (Wildman–Crippen MR) is 96.4 cm³/mol. The number of benzene rings is 2. The van der Waals surface area contributed by atoms with E-state index < -0.39 is 0 Å². The van der Waals surface area contributed by atoms with Gasteiger partial charge in [-0.05, 0) is 18.2 Å². The maximum Gasteiger partial charge on any atom is 0.196 e. The van der Waals surface area contributed by atoms with Gasteiger partial charge in [0.05, 0.1) is 5.56 Å². The van der Waals surface area contributed by atoms with E-state index in [1.54, 1.807) is 41.2 Å². The second kappa shape index (κ2) is 6.92. The fourth-order valence-electron chi connectivity index (χ4n) is 2.41. The Morgan fingerprint density at radius 1 is 1.12 bits per heavy atom. The van der Waals surface area contributed by atoms with Crippen LogP contribution in [-0.2, 0) is 6.54 Å². The molecule has 0 N–H and O–H groups in total. The lowest BCUT2D eigenvalue weighted by atomic mass is 10.0. The molecule has 0 saturated heterocycles. The van der Waals surface area contributed by atoms with Crippen molar-refractivity contribution in [2.45, 2.75) is 6.54 Å². The van der Waals surface area contributed by atoms with E-state index in [1.807, 2.05) is 18.2 Å². The van der Waals surface area contributed by atoms with Crippen molar-refractivity contribution < 1.29 is 4.79 Å². The van der Waals surface area contributed by atoms with Gasteiger partial charge in [-0.25, -0.2) is 0 Å². The van der Waals surface area contributed by atoms with Gasteiger partial charge in [-0.2, -0.15) is 5.10 Å². The van der Waals surface area contributed by atoms with Gasteiger partial charge in [-0.15, -0.1) is 6.42 Å². The highest BCUT2D eigenvalue weighted by atomic mass is 35.5. The number of carbonyl (C=O) groups excluding carboxylic acids is 1. The maximum absolute atomic E-state index is 12.9. The molecular formula is C19H12Cl2N2O. The summed E-state index contributed by atoms with van der Waals surface area (Å²) < 4.78 is 1.56. The van der Waals surface area contributed by atoms with Crippen LogP contribution in [0.3, 0.4) is 0 Å². The first-order chi connectivity index (χ1) is 11.6.